The van der Waals surface area contributed by atoms with Gasteiger partial charge in [-0.2, -0.15) is 0 Å². The lowest BCUT2D eigenvalue weighted by Crippen LogP contribution is -2.60. The Labute approximate surface area is 112 Å². The van der Waals surface area contributed by atoms with Crippen molar-refractivity contribution in [2.45, 2.75) is 51.7 Å². The molecule has 0 aromatic heterocycles. The SMILES string of the molecule is Cc1cc(C2CC[Si](C)(C)[Si](C)(C)O2)ccc1N. The maximum atomic E-state index is 6.53. The monoisotopic (exact) mass is 279 g/mol. The van der Waals surface area contributed by atoms with Crippen molar-refractivity contribution < 1.29 is 4.43 Å². The summed E-state index contributed by atoms with van der Waals surface area (Å²) in [6.45, 7) is 11.8. The quantitative estimate of drug-likeness (QED) is 0.622. The molecule has 2 nitrogen and oxygen atoms in total. The fraction of sp³-hybridized carbons (Fsp3) is 0.571. The third kappa shape index (κ3) is 2.42. The first-order chi connectivity index (χ1) is 8.23. The number of nitrogen functional groups attached to an aromatic ring is 1. The van der Waals surface area contributed by atoms with Gasteiger partial charge in [0.15, 0.2) is 7.83 Å². The Hall–Kier alpha value is -0.586. The molecule has 0 amide bonds. The zero-order chi connectivity index (χ0) is 13.6. The molecule has 0 spiro atoms. The smallest absolute Gasteiger partial charge is 0.174 e. The number of hydrogen-bond donors (Lipinski definition) is 1. The molecule has 1 fully saturated rings. The van der Waals surface area contributed by atoms with E-state index in [2.05, 4.69) is 45.2 Å². The second-order valence-corrected chi connectivity index (χ2v) is 21.9. The fourth-order valence-corrected chi connectivity index (χ4v) is 8.99. The van der Waals surface area contributed by atoms with Gasteiger partial charge in [-0.1, -0.05) is 31.3 Å². The highest BCUT2D eigenvalue weighted by Crippen LogP contribution is 2.40. The van der Waals surface area contributed by atoms with E-state index in [1.165, 1.54) is 18.0 Å². The molecule has 1 saturated heterocycles. The van der Waals surface area contributed by atoms with Crippen LogP contribution in [0, 0.1) is 6.92 Å². The van der Waals surface area contributed by atoms with Crippen LogP contribution in [-0.4, -0.2) is 15.4 Å². The van der Waals surface area contributed by atoms with Crippen LogP contribution in [-0.2, 0) is 4.43 Å². The Balaban J connectivity index is 2.24. The van der Waals surface area contributed by atoms with Crippen molar-refractivity contribution in [3.8, 4) is 0 Å². The van der Waals surface area contributed by atoms with Gasteiger partial charge in [-0.25, -0.2) is 0 Å². The lowest BCUT2D eigenvalue weighted by Gasteiger charge is -2.45. The fourth-order valence-electron chi connectivity index (χ4n) is 2.50. The van der Waals surface area contributed by atoms with Crippen molar-refractivity contribution in [3.63, 3.8) is 0 Å². The molecule has 0 radical (unpaired) electrons. The number of aryl methyl sites for hydroxylation is 1. The average Bonchev–Trinajstić information content (AvgIpc) is 2.26. The Bertz CT molecular complexity index is 457. The third-order valence-electron chi connectivity index (χ3n) is 4.76. The summed E-state index contributed by atoms with van der Waals surface area (Å²) in [5.74, 6) is 0. The van der Waals surface area contributed by atoms with E-state index in [0.29, 0.717) is 6.10 Å². The van der Waals surface area contributed by atoms with Crippen molar-refractivity contribution >= 4 is 21.1 Å². The summed E-state index contributed by atoms with van der Waals surface area (Å²) >= 11 is 0. The minimum Gasteiger partial charge on any atom is -0.413 e. The lowest BCUT2D eigenvalue weighted by molar-refractivity contribution is 0.189. The number of anilines is 1. The van der Waals surface area contributed by atoms with Crippen molar-refractivity contribution in [3.05, 3.63) is 29.3 Å². The molecule has 1 aliphatic rings. The van der Waals surface area contributed by atoms with Gasteiger partial charge in [-0.05, 0) is 43.6 Å². The van der Waals surface area contributed by atoms with E-state index in [1.807, 2.05) is 6.07 Å². The molecule has 1 atom stereocenters. The van der Waals surface area contributed by atoms with Crippen LogP contribution in [0.3, 0.4) is 0 Å². The molecule has 1 heterocycles. The highest BCUT2D eigenvalue weighted by atomic mass is 29.3. The Kier molecular flexibility index (Phi) is 3.46. The topological polar surface area (TPSA) is 35.2 Å². The van der Waals surface area contributed by atoms with E-state index in [4.69, 9.17) is 10.2 Å². The molecular weight excluding hydrogens is 254 g/mol. The Morgan fingerprint density at radius 3 is 2.44 bits per heavy atom. The molecule has 2 rings (SSSR count). The molecule has 1 unspecified atom stereocenters. The normalized spacial score (nSPS) is 25.9. The van der Waals surface area contributed by atoms with Gasteiger partial charge < -0.3 is 10.2 Å². The van der Waals surface area contributed by atoms with Crippen molar-refractivity contribution in [1.29, 1.82) is 0 Å². The summed E-state index contributed by atoms with van der Waals surface area (Å²) in [7, 11) is -2.61. The summed E-state index contributed by atoms with van der Waals surface area (Å²) in [6, 6.07) is 7.74. The first-order valence-electron chi connectivity index (χ1n) is 6.77. The minimum atomic E-state index is -1.49. The largest absolute Gasteiger partial charge is 0.413 e. The standard InChI is InChI=1S/C14H25NOSi2/c1-11-10-12(6-7-13(11)15)14-8-9-17(2,3)18(4,5)16-14/h6-7,10,14H,8-9,15H2,1-5H3. The molecular formula is C14H25NOSi2. The number of benzene rings is 1. The van der Waals surface area contributed by atoms with Crippen molar-refractivity contribution in [2.24, 2.45) is 0 Å². The van der Waals surface area contributed by atoms with Crippen LogP contribution >= 0.6 is 0 Å². The first kappa shape index (κ1) is 13.8. The van der Waals surface area contributed by atoms with E-state index in [0.717, 1.165) is 11.3 Å². The number of rotatable bonds is 1. The van der Waals surface area contributed by atoms with E-state index >= 15 is 0 Å². The van der Waals surface area contributed by atoms with Gasteiger partial charge in [0.25, 0.3) is 0 Å². The van der Waals surface area contributed by atoms with E-state index in [1.54, 1.807) is 0 Å². The molecule has 0 bridgehead atoms. The molecule has 2 N–H and O–H groups in total. The second kappa shape index (κ2) is 4.51. The first-order valence-corrected chi connectivity index (χ1v) is 13.9. The van der Waals surface area contributed by atoms with Crippen LogP contribution in [0.2, 0.25) is 32.2 Å². The molecule has 1 aromatic carbocycles. The molecule has 4 heteroatoms. The predicted octanol–water partition coefficient (Wildman–Crippen LogP) is 4.03. The van der Waals surface area contributed by atoms with E-state index in [-0.39, 0.29) is 0 Å². The third-order valence-corrected chi connectivity index (χ3v) is 21.3. The maximum Gasteiger partial charge on any atom is 0.174 e. The van der Waals surface area contributed by atoms with Gasteiger partial charge in [0.05, 0.1) is 13.7 Å². The van der Waals surface area contributed by atoms with E-state index < -0.39 is 15.4 Å². The van der Waals surface area contributed by atoms with Gasteiger partial charge in [-0.15, -0.1) is 0 Å². The summed E-state index contributed by atoms with van der Waals surface area (Å²) in [6.07, 6.45) is 1.48. The highest BCUT2D eigenvalue weighted by molar-refractivity contribution is 7.38. The van der Waals surface area contributed by atoms with Gasteiger partial charge in [0, 0.05) is 5.69 Å². The zero-order valence-electron chi connectivity index (χ0n) is 12.2. The molecule has 0 aliphatic carbocycles. The minimum absolute atomic E-state index is 0.298. The van der Waals surface area contributed by atoms with Gasteiger partial charge >= 0.3 is 0 Å². The zero-order valence-corrected chi connectivity index (χ0v) is 14.2. The molecule has 1 aliphatic heterocycles. The average molecular weight is 280 g/mol. The molecule has 18 heavy (non-hydrogen) atoms. The number of nitrogens with two attached hydrogens (primary N) is 1. The molecule has 100 valence electrons. The highest BCUT2D eigenvalue weighted by Gasteiger charge is 2.47. The number of hydrogen-bond acceptors (Lipinski definition) is 2. The van der Waals surface area contributed by atoms with Crippen LogP contribution in [0.4, 0.5) is 5.69 Å². The van der Waals surface area contributed by atoms with Crippen LogP contribution in [0.15, 0.2) is 18.2 Å². The second-order valence-electron chi connectivity index (χ2n) is 6.66. The van der Waals surface area contributed by atoms with E-state index in [9.17, 15) is 0 Å². The van der Waals surface area contributed by atoms with Crippen LogP contribution in [0.1, 0.15) is 23.7 Å². The van der Waals surface area contributed by atoms with Crippen molar-refractivity contribution in [1.82, 2.24) is 0 Å². The van der Waals surface area contributed by atoms with Crippen molar-refractivity contribution in [2.75, 3.05) is 5.73 Å². The summed E-state index contributed by atoms with van der Waals surface area (Å²) < 4.78 is 6.53. The lowest BCUT2D eigenvalue weighted by atomic mass is 10.0. The Morgan fingerprint density at radius 2 is 1.89 bits per heavy atom. The van der Waals surface area contributed by atoms with Crippen LogP contribution < -0.4 is 5.73 Å². The van der Waals surface area contributed by atoms with Crippen LogP contribution in [0.25, 0.3) is 0 Å². The Morgan fingerprint density at radius 1 is 1.22 bits per heavy atom. The van der Waals surface area contributed by atoms with Gasteiger partial charge in [-0.3, -0.25) is 0 Å². The molecule has 1 aromatic rings. The molecule has 0 saturated carbocycles. The maximum absolute atomic E-state index is 6.53. The summed E-state index contributed by atoms with van der Waals surface area (Å²) in [5.41, 5.74) is 9.24. The summed E-state index contributed by atoms with van der Waals surface area (Å²) in [5, 5.41) is 0. The van der Waals surface area contributed by atoms with Crippen LogP contribution in [0.5, 0.6) is 0 Å². The summed E-state index contributed by atoms with van der Waals surface area (Å²) in [4.78, 5) is 0. The van der Waals surface area contributed by atoms with Gasteiger partial charge in [0.1, 0.15) is 0 Å². The predicted molar refractivity (Wildman–Crippen MR) is 83.8 cm³/mol. The van der Waals surface area contributed by atoms with Gasteiger partial charge in [0.2, 0.25) is 0 Å².